The zero-order chi connectivity index (χ0) is 19.5. The molecule has 0 spiro atoms. The average Bonchev–Trinajstić information content (AvgIpc) is 2.69. The van der Waals surface area contributed by atoms with E-state index in [2.05, 4.69) is 33.1 Å². The summed E-state index contributed by atoms with van der Waals surface area (Å²) in [6.45, 7) is 3.35. The lowest BCUT2D eigenvalue weighted by Gasteiger charge is -2.14. The molecule has 0 saturated heterocycles. The van der Waals surface area contributed by atoms with Crippen LogP contribution in [-0.2, 0) is 17.8 Å². The lowest BCUT2D eigenvalue weighted by Crippen LogP contribution is -2.43. The maximum Gasteiger partial charge on any atom is 0.239 e. The third kappa shape index (κ3) is 8.16. The molecule has 3 N–H and O–H groups in total. The van der Waals surface area contributed by atoms with Crippen molar-refractivity contribution in [3.63, 3.8) is 0 Å². The van der Waals surface area contributed by atoms with E-state index in [0.717, 1.165) is 23.3 Å². The molecule has 152 valence electrons. The Kier molecular flexibility index (Phi) is 11.0. The first kappa shape index (κ1) is 23.7. The van der Waals surface area contributed by atoms with Crippen molar-refractivity contribution < 1.29 is 9.53 Å². The van der Waals surface area contributed by atoms with Crippen LogP contribution in [0.5, 0.6) is 5.75 Å². The fourth-order valence-electron chi connectivity index (χ4n) is 2.61. The number of hydrogen-bond donors (Lipinski definition) is 3. The minimum atomic E-state index is -0.0678. The van der Waals surface area contributed by atoms with Crippen molar-refractivity contribution in [3.05, 3.63) is 65.2 Å². The summed E-state index contributed by atoms with van der Waals surface area (Å²) in [5.74, 6) is 1.33. The molecule has 0 radical (unpaired) electrons. The summed E-state index contributed by atoms with van der Waals surface area (Å²) >= 11 is 0. The quantitative estimate of drug-likeness (QED) is 0.299. The third-order valence-corrected chi connectivity index (χ3v) is 4.11. The number of methoxy groups -OCH3 is 1. The molecule has 0 atom stereocenters. The number of aryl methyl sites for hydroxylation is 1. The minimum Gasteiger partial charge on any atom is -0.496 e. The van der Waals surface area contributed by atoms with Gasteiger partial charge in [0.2, 0.25) is 5.91 Å². The zero-order valence-corrected chi connectivity index (χ0v) is 18.9. The molecular weight excluding hydrogens is 467 g/mol. The number of rotatable bonds is 8. The van der Waals surface area contributed by atoms with Crippen LogP contribution in [0.3, 0.4) is 0 Å². The third-order valence-electron chi connectivity index (χ3n) is 4.11. The SMILES string of the molecule is CN=C(NCC(=O)NCCc1ccccc1)NCc1ccc(C)cc1OC.I. The summed E-state index contributed by atoms with van der Waals surface area (Å²) in [7, 11) is 3.33. The average molecular weight is 496 g/mol. The van der Waals surface area contributed by atoms with Gasteiger partial charge in [-0.05, 0) is 30.5 Å². The van der Waals surface area contributed by atoms with E-state index in [-0.39, 0.29) is 36.4 Å². The van der Waals surface area contributed by atoms with Crippen molar-refractivity contribution in [2.75, 3.05) is 27.2 Å². The molecule has 6 nitrogen and oxygen atoms in total. The van der Waals surface area contributed by atoms with Crippen LogP contribution in [0.2, 0.25) is 0 Å². The second kappa shape index (κ2) is 13.0. The molecule has 0 bridgehead atoms. The Morgan fingerprint density at radius 1 is 1.07 bits per heavy atom. The number of aliphatic imine (C=N–C) groups is 1. The molecule has 0 unspecified atom stereocenters. The van der Waals surface area contributed by atoms with Gasteiger partial charge in [0.15, 0.2) is 5.96 Å². The molecule has 7 heteroatoms. The topological polar surface area (TPSA) is 74.8 Å². The Morgan fingerprint density at radius 3 is 2.50 bits per heavy atom. The lowest BCUT2D eigenvalue weighted by atomic mass is 10.1. The molecule has 0 fully saturated rings. The van der Waals surface area contributed by atoms with Crippen molar-refractivity contribution in [2.24, 2.45) is 4.99 Å². The predicted octanol–water partition coefficient (Wildman–Crippen LogP) is 2.65. The summed E-state index contributed by atoms with van der Waals surface area (Å²) in [6, 6.07) is 16.1. The van der Waals surface area contributed by atoms with E-state index in [9.17, 15) is 4.79 Å². The number of carbonyl (C=O) groups is 1. The van der Waals surface area contributed by atoms with Gasteiger partial charge in [0, 0.05) is 25.7 Å². The summed E-state index contributed by atoms with van der Waals surface area (Å²) in [5, 5.41) is 9.12. The van der Waals surface area contributed by atoms with E-state index in [1.807, 2.05) is 43.3 Å². The van der Waals surface area contributed by atoms with Gasteiger partial charge in [-0.15, -0.1) is 24.0 Å². The van der Waals surface area contributed by atoms with Crippen molar-refractivity contribution in [1.29, 1.82) is 0 Å². The van der Waals surface area contributed by atoms with Gasteiger partial charge in [-0.3, -0.25) is 9.79 Å². The fourth-order valence-corrected chi connectivity index (χ4v) is 2.61. The Labute approximate surface area is 184 Å². The Balaban J connectivity index is 0.00000392. The highest BCUT2D eigenvalue weighted by atomic mass is 127. The highest BCUT2D eigenvalue weighted by Crippen LogP contribution is 2.19. The van der Waals surface area contributed by atoms with Crippen molar-refractivity contribution in [2.45, 2.75) is 19.9 Å². The normalized spacial score (nSPS) is 10.6. The van der Waals surface area contributed by atoms with Crippen LogP contribution in [-0.4, -0.2) is 39.1 Å². The molecule has 0 aliphatic carbocycles. The first-order chi connectivity index (χ1) is 13.1. The van der Waals surface area contributed by atoms with Crippen LogP contribution in [0.1, 0.15) is 16.7 Å². The van der Waals surface area contributed by atoms with Gasteiger partial charge in [0.1, 0.15) is 5.75 Å². The minimum absolute atomic E-state index is 0. The highest BCUT2D eigenvalue weighted by Gasteiger charge is 2.06. The van der Waals surface area contributed by atoms with Gasteiger partial charge >= 0.3 is 0 Å². The second-order valence-corrected chi connectivity index (χ2v) is 6.18. The number of benzene rings is 2. The molecule has 2 aromatic rings. The number of amides is 1. The van der Waals surface area contributed by atoms with Gasteiger partial charge in [-0.1, -0.05) is 42.5 Å². The van der Waals surface area contributed by atoms with Gasteiger partial charge < -0.3 is 20.7 Å². The molecule has 0 aliphatic heterocycles. The molecule has 0 saturated carbocycles. The number of halogens is 1. The molecule has 0 aromatic heterocycles. The van der Waals surface area contributed by atoms with Crippen LogP contribution in [0.25, 0.3) is 0 Å². The first-order valence-corrected chi connectivity index (χ1v) is 9.01. The van der Waals surface area contributed by atoms with Gasteiger partial charge in [0.05, 0.1) is 13.7 Å². The van der Waals surface area contributed by atoms with Crippen molar-refractivity contribution >= 4 is 35.8 Å². The van der Waals surface area contributed by atoms with Crippen LogP contribution >= 0.6 is 24.0 Å². The maximum absolute atomic E-state index is 12.0. The maximum atomic E-state index is 12.0. The molecular formula is C21H29IN4O2. The summed E-state index contributed by atoms with van der Waals surface area (Å²) in [5.41, 5.74) is 3.37. The smallest absolute Gasteiger partial charge is 0.239 e. The van der Waals surface area contributed by atoms with Crippen molar-refractivity contribution in [3.8, 4) is 5.75 Å². The number of guanidine groups is 1. The lowest BCUT2D eigenvalue weighted by molar-refractivity contribution is -0.119. The van der Waals surface area contributed by atoms with E-state index >= 15 is 0 Å². The van der Waals surface area contributed by atoms with Crippen molar-refractivity contribution in [1.82, 2.24) is 16.0 Å². The van der Waals surface area contributed by atoms with Gasteiger partial charge in [0.25, 0.3) is 0 Å². The van der Waals surface area contributed by atoms with Crippen LogP contribution in [0, 0.1) is 6.92 Å². The van der Waals surface area contributed by atoms with Crippen LogP contribution in [0.4, 0.5) is 0 Å². The number of ether oxygens (including phenoxy) is 1. The number of carbonyl (C=O) groups excluding carboxylic acids is 1. The summed E-state index contributed by atoms with van der Waals surface area (Å²) < 4.78 is 5.41. The molecule has 0 heterocycles. The zero-order valence-electron chi connectivity index (χ0n) is 16.6. The first-order valence-electron chi connectivity index (χ1n) is 9.01. The van der Waals surface area contributed by atoms with E-state index < -0.39 is 0 Å². The number of hydrogen-bond acceptors (Lipinski definition) is 3. The summed E-state index contributed by atoms with van der Waals surface area (Å²) in [6.07, 6.45) is 0.812. The van der Waals surface area contributed by atoms with Gasteiger partial charge in [-0.25, -0.2) is 0 Å². The number of nitrogens with zero attached hydrogens (tertiary/aromatic N) is 1. The molecule has 2 rings (SSSR count). The molecule has 28 heavy (non-hydrogen) atoms. The number of nitrogens with one attached hydrogen (secondary N) is 3. The molecule has 2 aromatic carbocycles. The van der Waals surface area contributed by atoms with Crippen LogP contribution in [0.15, 0.2) is 53.5 Å². The second-order valence-electron chi connectivity index (χ2n) is 6.18. The summed E-state index contributed by atoms with van der Waals surface area (Å²) in [4.78, 5) is 16.1. The van der Waals surface area contributed by atoms with E-state index in [4.69, 9.17) is 4.74 Å². The Morgan fingerprint density at radius 2 is 1.82 bits per heavy atom. The van der Waals surface area contributed by atoms with Gasteiger partial charge in [-0.2, -0.15) is 0 Å². The molecule has 1 amide bonds. The predicted molar refractivity (Wildman–Crippen MR) is 125 cm³/mol. The van der Waals surface area contributed by atoms with E-state index in [1.165, 1.54) is 5.56 Å². The van der Waals surface area contributed by atoms with E-state index in [1.54, 1.807) is 14.2 Å². The monoisotopic (exact) mass is 496 g/mol. The van der Waals surface area contributed by atoms with Crippen LogP contribution < -0.4 is 20.7 Å². The highest BCUT2D eigenvalue weighted by molar-refractivity contribution is 14.0. The largest absolute Gasteiger partial charge is 0.496 e. The fraction of sp³-hybridized carbons (Fsp3) is 0.333. The standard InChI is InChI=1S/C21H28N4O2.HI/c1-16-9-10-18(19(13-16)27-3)14-24-21(22-2)25-15-20(26)23-12-11-17-7-5-4-6-8-17;/h4-10,13H,11-12,14-15H2,1-3H3,(H,23,26)(H2,22,24,25);1H. The Bertz CT molecular complexity index is 766. The molecule has 0 aliphatic rings. The Hall–Kier alpha value is -2.29. The van der Waals surface area contributed by atoms with E-state index in [0.29, 0.717) is 19.0 Å².